The van der Waals surface area contributed by atoms with Gasteiger partial charge in [0.1, 0.15) is 5.75 Å². The summed E-state index contributed by atoms with van der Waals surface area (Å²) in [6.45, 7) is 0.584. The highest BCUT2D eigenvalue weighted by atomic mass is 32.2. The Morgan fingerprint density at radius 2 is 1.71 bits per heavy atom. The van der Waals surface area contributed by atoms with Gasteiger partial charge in [-0.2, -0.15) is 0 Å². The molecule has 1 heterocycles. The first-order valence-corrected chi connectivity index (χ1v) is 8.34. The Balaban J connectivity index is 1.98. The van der Waals surface area contributed by atoms with Crippen molar-refractivity contribution >= 4 is 21.7 Å². The summed E-state index contributed by atoms with van der Waals surface area (Å²) in [5.74, 6) is -2.35. The van der Waals surface area contributed by atoms with Gasteiger partial charge in [0, 0.05) is 13.1 Å². The maximum absolute atomic E-state index is 12.1. The number of benzene rings is 1. The van der Waals surface area contributed by atoms with E-state index in [9.17, 15) is 18.0 Å². The molecule has 1 saturated heterocycles. The summed E-state index contributed by atoms with van der Waals surface area (Å²) in [5.41, 5.74) is 0. The number of carboxylic acid groups (broad SMARTS) is 1. The van der Waals surface area contributed by atoms with E-state index in [1.807, 2.05) is 0 Å². The van der Waals surface area contributed by atoms with Crippen LogP contribution in [0.3, 0.4) is 0 Å². The standard InChI is InChI=1S/C14H17NO5S/c16-13(15-8-6-11(7-9-15)14(17)18)10-21(19,20)12-4-2-1-3-5-12/h1-5,11H,6-10H2,(H,17,18). The normalized spacial score (nSPS) is 16.7. The summed E-state index contributed by atoms with van der Waals surface area (Å²) in [6.07, 6.45) is 0.735. The van der Waals surface area contributed by atoms with Crippen molar-refractivity contribution < 1.29 is 23.1 Å². The van der Waals surface area contributed by atoms with Crippen LogP contribution in [0.2, 0.25) is 0 Å². The van der Waals surface area contributed by atoms with Gasteiger partial charge in [-0.3, -0.25) is 9.59 Å². The molecule has 1 amide bonds. The van der Waals surface area contributed by atoms with Crippen LogP contribution < -0.4 is 0 Å². The van der Waals surface area contributed by atoms with Gasteiger partial charge < -0.3 is 10.0 Å². The van der Waals surface area contributed by atoms with Gasteiger partial charge in [-0.05, 0) is 25.0 Å². The van der Waals surface area contributed by atoms with E-state index in [1.54, 1.807) is 18.2 Å². The smallest absolute Gasteiger partial charge is 0.306 e. The van der Waals surface area contributed by atoms with Crippen molar-refractivity contribution in [2.24, 2.45) is 5.92 Å². The van der Waals surface area contributed by atoms with Crippen LogP contribution >= 0.6 is 0 Å². The highest BCUT2D eigenvalue weighted by molar-refractivity contribution is 7.92. The van der Waals surface area contributed by atoms with Crippen LogP contribution in [-0.4, -0.2) is 49.1 Å². The van der Waals surface area contributed by atoms with Crippen LogP contribution in [0.5, 0.6) is 0 Å². The summed E-state index contributed by atoms with van der Waals surface area (Å²) in [5, 5.41) is 8.90. The maximum Gasteiger partial charge on any atom is 0.306 e. The Hall–Kier alpha value is -1.89. The predicted octanol–water partition coefficient (Wildman–Crippen LogP) is 0.783. The second-order valence-electron chi connectivity index (χ2n) is 5.07. The van der Waals surface area contributed by atoms with Crippen molar-refractivity contribution in [3.05, 3.63) is 30.3 Å². The lowest BCUT2D eigenvalue weighted by Crippen LogP contribution is -2.42. The Morgan fingerprint density at radius 3 is 2.24 bits per heavy atom. The molecule has 1 aromatic carbocycles. The lowest BCUT2D eigenvalue weighted by molar-refractivity contribution is -0.145. The number of likely N-dealkylation sites (tertiary alicyclic amines) is 1. The summed E-state index contributed by atoms with van der Waals surface area (Å²) < 4.78 is 24.2. The average Bonchev–Trinajstić information content (AvgIpc) is 2.48. The number of hydrogen-bond donors (Lipinski definition) is 1. The van der Waals surface area contributed by atoms with E-state index in [-0.39, 0.29) is 4.90 Å². The first-order chi connectivity index (χ1) is 9.90. The van der Waals surface area contributed by atoms with E-state index in [0.29, 0.717) is 25.9 Å². The molecule has 0 atom stereocenters. The number of nitrogens with zero attached hydrogens (tertiary/aromatic N) is 1. The van der Waals surface area contributed by atoms with Gasteiger partial charge in [0.15, 0.2) is 9.84 Å². The average molecular weight is 311 g/mol. The van der Waals surface area contributed by atoms with Gasteiger partial charge in [-0.15, -0.1) is 0 Å². The summed E-state index contributed by atoms with van der Waals surface area (Å²) in [7, 11) is -3.65. The van der Waals surface area contributed by atoms with Crippen LogP contribution in [0.25, 0.3) is 0 Å². The van der Waals surface area contributed by atoms with Crippen LogP contribution in [0.4, 0.5) is 0 Å². The molecule has 1 N–H and O–H groups in total. The fourth-order valence-electron chi connectivity index (χ4n) is 2.34. The van der Waals surface area contributed by atoms with Crippen LogP contribution in [0, 0.1) is 5.92 Å². The fraction of sp³-hybridized carbons (Fsp3) is 0.429. The van der Waals surface area contributed by atoms with Crippen molar-refractivity contribution in [2.75, 3.05) is 18.8 Å². The second-order valence-corrected chi connectivity index (χ2v) is 7.06. The molecular weight excluding hydrogens is 294 g/mol. The molecule has 0 bridgehead atoms. The highest BCUT2D eigenvalue weighted by Crippen LogP contribution is 2.18. The fourth-order valence-corrected chi connectivity index (χ4v) is 3.59. The third-order valence-corrected chi connectivity index (χ3v) is 5.23. The van der Waals surface area contributed by atoms with Crippen LogP contribution in [0.1, 0.15) is 12.8 Å². The topological polar surface area (TPSA) is 91.8 Å². The zero-order valence-electron chi connectivity index (χ0n) is 11.4. The predicted molar refractivity (Wildman–Crippen MR) is 75.4 cm³/mol. The van der Waals surface area contributed by atoms with E-state index in [2.05, 4.69) is 0 Å². The summed E-state index contributed by atoms with van der Waals surface area (Å²) >= 11 is 0. The number of rotatable bonds is 4. The molecule has 0 aliphatic carbocycles. The molecule has 6 nitrogen and oxygen atoms in total. The molecule has 0 radical (unpaired) electrons. The lowest BCUT2D eigenvalue weighted by Gasteiger charge is -2.30. The zero-order valence-corrected chi connectivity index (χ0v) is 12.3. The first-order valence-electron chi connectivity index (χ1n) is 6.68. The van der Waals surface area contributed by atoms with Gasteiger partial charge in [-0.1, -0.05) is 18.2 Å². The minimum absolute atomic E-state index is 0.124. The van der Waals surface area contributed by atoms with Gasteiger partial charge >= 0.3 is 5.97 Å². The summed E-state index contributed by atoms with van der Waals surface area (Å²) in [4.78, 5) is 24.5. The third-order valence-electron chi connectivity index (χ3n) is 3.61. The Morgan fingerprint density at radius 1 is 1.14 bits per heavy atom. The molecule has 2 rings (SSSR count). The van der Waals surface area contributed by atoms with E-state index in [0.717, 1.165) is 0 Å². The van der Waals surface area contributed by atoms with Crippen molar-refractivity contribution in [3.63, 3.8) is 0 Å². The molecule has 0 aromatic heterocycles. The number of carbonyl (C=O) groups is 2. The Labute approximate surface area is 123 Å². The van der Waals surface area contributed by atoms with E-state index >= 15 is 0 Å². The maximum atomic E-state index is 12.1. The number of amides is 1. The third kappa shape index (κ3) is 3.81. The molecule has 0 saturated carbocycles. The minimum Gasteiger partial charge on any atom is -0.481 e. The van der Waals surface area contributed by atoms with Crippen molar-refractivity contribution in [1.29, 1.82) is 0 Å². The summed E-state index contributed by atoms with van der Waals surface area (Å²) in [6, 6.07) is 7.83. The molecule has 1 fully saturated rings. The SMILES string of the molecule is O=C(O)C1CCN(C(=O)CS(=O)(=O)c2ccccc2)CC1. The number of aliphatic carboxylic acids is 1. The van der Waals surface area contributed by atoms with E-state index in [4.69, 9.17) is 5.11 Å². The monoisotopic (exact) mass is 311 g/mol. The lowest BCUT2D eigenvalue weighted by atomic mass is 9.97. The van der Waals surface area contributed by atoms with E-state index in [1.165, 1.54) is 17.0 Å². The molecule has 1 aromatic rings. The Bertz CT molecular complexity index is 618. The van der Waals surface area contributed by atoms with Gasteiger partial charge in [0.25, 0.3) is 0 Å². The number of sulfone groups is 1. The number of hydrogen-bond acceptors (Lipinski definition) is 4. The van der Waals surface area contributed by atoms with Crippen molar-refractivity contribution in [2.45, 2.75) is 17.7 Å². The van der Waals surface area contributed by atoms with Crippen molar-refractivity contribution in [1.82, 2.24) is 4.90 Å². The quantitative estimate of drug-likeness (QED) is 0.887. The van der Waals surface area contributed by atoms with Crippen LogP contribution in [0.15, 0.2) is 35.2 Å². The molecule has 1 aliphatic heterocycles. The number of piperidine rings is 1. The molecule has 0 unspecified atom stereocenters. The molecule has 114 valence electrons. The minimum atomic E-state index is -3.65. The van der Waals surface area contributed by atoms with Gasteiger partial charge in [0.05, 0.1) is 10.8 Å². The highest BCUT2D eigenvalue weighted by Gasteiger charge is 2.29. The van der Waals surface area contributed by atoms with Gasteiger partial charge in [0.2, 0.25) is 5.91 Å². The van der Waals surface area contributed by atoms with Gasteiger partial charge in [-0.25, -0.2) is 8.42 Å². The second kappa shape index (κ2) is 6.26. The number of carboxylic acids is 1. The molecule has 21 heavy (non-hydrogen) atoms. The zero-order chi connectivity index (χ0) is 15.5. The Kier molecular flexibility index (Phi) is 4.62. The first kappa shape index (κ1) is 15.5. The van der Waals surface area contributed by atoms with E-state index < -0.39 is 33.4 Å². The molecule has 0 spiro atoms. The molecule has 7 heteroatoms. The molecule has 1 aliphatic rings. The molecular formula is C14H17NO5S. The van der Waals surface area contributed by atoms with Crippen LogP contribution in [-0.2, 0) is 19.4 Å². The number of carbonyl (C=O) groups excluding carboxylic acids is 1. The largest absolute Gasteiger partial charge is 0.481 e. The van der Waals surface area contributed by atoms with Crippen molar-refractivity contribution in [3.8, 4) is 0 Å².